The third-order valence-corrected chi connectivity index (χ3v) is 15.6. The Kier molecular flexibility index (Phi) is 15.0. The maximum absolute atomic E-state index is 15.0. The summed E-state index contributed by atoms with van der Waals surface area (Å²) in [4.78, 5) is 0. The average Bonchev–Trinajstić information content (AvgIpc) is 3.44. The zero-order valence-electron chi connectivity index (χ0n) is 45.8. The van der Waals surface area contributed by atoms with Crippen molar-refractivity contribution in [3.63, 3.8) is 0 Å². The monoisotopic (exact) mass is 1090 g/mol. The number of alkyl halides is 12. The second-order valence-corrected chi connectivity index (χ2v) is 22.8. The Morgan fingerprint density at radius 2 is 0.740 bits per heavy atom. The molecule has 0 saturated carbocycles. The molecule has 0 aromatic heterocycles. The van der Waals surface area contributed by atoms with Crippen molar-refractivity contribution in [2.24, 2.45) is 0 Å². The maximum Gasteiger partial charge on any atom is 0.416 e. The van der Waals surface area contributed by atoms with E-state index < -0.39 is 80.6 Å². The molecule has 4 nitrogen and oxygen atoms in total. The quantitative estimate of drug-likeness (QED) is 0.107. The lowest BCUT2D eigenvalue weighted by Crippen LogP contribution is -2.60. The van der Waals surface area contributed by atoms with Gasteiger partial charge in [0.05, 0.1) is 43.5 Å². The van der Waals surface area contributed by atoms with Crippen LogP contribution in [0.15, 0.2) is 84.9 Å². The van der Waals surface area contributed by atoms with Gasteiger partial charge in [0.1, 0.15) is 30.6 Å². The van der Waals surface area contributed by atoms with Crippen LogP contribution in [0, 0.1) is 27.7 Å². The molecule has 7 rings (SSSR count). The molecule has 0 N–H and O–H groups in total. The van der Waals surface area contributed by atoms with Crippen LogP contribution in [0.25, 0.3) is 33.4 Å². The van der Waals surface area contributed by atoms with E-state index in [1.54, 1.807) is 60.7 Å². The number of hydrogen-bond donors (Lipinski definition) is 0. The minimum Gasteiger partial charge on any atom is -0.496 e. The minimum atomic E-state index is -5.27. The van der Waals surface area contributed by atoms with Crippen LogP contribution in [0.5, 0.6) is 11.5 Å². The third-order valence-electron chi connectivity index (χ3n) is 15.6. The molecule has 0 aliphatic carbocycles. The zero-order valence-corrected chi connectivity index (χ0v) is 45.8. The Morgan fingerprint density at radius 1 is 0.429 bits per heavy atom. The van der Waals surface area contributed by atoms with Gasteiger partial charge in [0.25, 0.3) is 0 Å². The van der Waals surface area contributed by atoms with Crippen molar-refractivity contribution < 1.29 is 71.4 Å². The van der Waals surface area contributed by atoms with E-state index in [2.05, 4.69) is 0 Å². The highest BCUT2D eigenvalue weighted by Crippen LogP contribution is 2.57. The standard InChI is InChI=1S/C61H64F12NO3/c1-32-16-18-39(20-34(32)3)57(77-15,40-19-17-33(2)35(4)21-40)36(5)74(12)30-47-45(28-49(55(6,7)8)53(75-13)51(47)37-22-41(58(62,63)64)26-42(23-37)59(65,66)67)46-29-50(56(9,10)11)54(76-14)52(48(46)31-74)38-24-43(60(68,69)70)27-44(25-38)61(71,72)73/h16-29,36H,30-31H2,1-15H3/q+1/t36-/m0/s1. The summed E-state index contributed by atoms with van der Waals surface area (Å²) in [5, 5.41) is 0. The lowest BCUT2D eigenvalue weighted by Gasteiger charge is -2.49. The van der Waals surface area contributed by atoms with Crippen molar-refractivity contribution >= 4 is 0 Å². The zero-order chi connectivity index (χ0) is 57.7. The summed E-state index contributed by atoms with van der Waals surface area (Å²) in [5.74, 6) is -0.0738. The van der Waals surface area contributed by atoms with E-state index in [4.69, 9.17) is 14.2 Å². The number of nitrogens with zero attached hydrogens (tertiary/aromatic N) is 1. The van der Waals surface area contributed by atoms with Crippen molar-refractivity contribution in [2.75, 3.05) is 28.4 Å². The molecule has 1 heterocycles. The molecular weight excluding hydrogens is 1020 g/mol. The van der Waals surface area contributed by atoms with Gasteiger partial charge in [-0.3, -0.25) is 0 Å². The van der Waals surface area contributed by atoms with Gasteiger partial charge < -0.3 is 18.7 Å². The van der Waals surface area contributed by atoms with E-state index in [1.807, 2.05) is 71.0 Å². The first-order chi connectivity index (χ1) is 35.2. The van der Waals surface area contributed by atoms with E-state index in [0.717, 1.165) is 22.3 Å². The van der Waals surface area contributed by atoms with Gasteiger partial charge in [-0.1, -0.05) is 77.9 Å². The fraction of sp³-hybridized carbons (Fsp3) is 0.410. The van der Waals surface area contributed by atoms with E-state index in [9.17, 15) is 0 Å². The van der Waals surface area contributed by atoms with Gasteiger partial charge in [0, 0.05) is 40.5 Å². The number of hydrogen-bond acceptors (Lipinski definition) is 3. The van der Waals surface area contributed by atoms with Gasteiger partial charge in [-0.15, -0.1) is 0 Å². The van der Waals surface area contributed by atoms with Gasteiger partial charge in [0.2, 0.25) is 0 Å². The topological polar surface area (TPSA) is 27.7 Å². The molecule has 0 radical (unpaired) electrons. The predicted molar refractivity (Wildman–Crippen MR) is 276 cm³/mol. The van der Waals surface area contributed by atoms with Crippen molar-refractivity contribution in [2.45, 2.75) is 136 Å². The SMILES string of the molecule is COc1c(C(C)(C)C)cc2c(c1-c1cc(C(F)(F)F)cc(C(F)(F)F)c1)C[N+](C)([C@@H](C)C(OC)(c1ccc(C)c(C)c1)c1ccc(C)c(C)c1)Cc1c-2cc(C(C)(C)C)c(OC)c1-c1cc(C(F)(F)F)cc(C(F)(F)F)c1. The fourth-order valence-electron chi connectivity index (χ4n) is 11.1. The van der Waals surface area contributed by atoms with Crippen LogP contribution in [-0.2, 0) is 59.0 Å². The Balaban J connectivity index is 1.82. The lowest BCUT2D eigenvalue weighted by molar-refractivity contribution is -0.963. The molecule has 6 aromatic rings. The first-order valence-corrected chi connectivity index (χ1v) is 24.9. The summed E-state index contributed by atoms with van der Waals surface area (Å²) in [6.45, 7) is 19.8. The number of benzene rings is 6. The highest BCUT2D eigenvalue weighted by atomic mass is 19.4. The average molecular weight is 1090 g/mol. The molecule has 1 atom stereocenters. The number of aryl methyl sites for hydroxylation is 4. The first kappa shape index (κ1) is 58.7. The molecule has 0 spiro atoms. The molecule has 1 aliphatic rings. The van der Waals surface area contributed by atoms with E-state index in [1.165, 1.54) is 21.3 Å². The third kappa shape index (κ3) is 10.8. The van der Waals surface area contributed by atoms with E-state index in [0.29, 0.717) is 46.5 Å². The van der Waals surface area contributed by atoms with Crippen LogP contribution in [-0.4, -0.2) is 38.9 Å². The highest BCUT2D eigenvalue weighted by Gasteiger charge is 2.53. The summed E-state index contributed by atoms with van der Waals surface area (Å²) < 4.78 is 199. The van der Waals surface area contributed by atoms with E-state index >= 15 is 52.7 Å². The summed E-state index contributed by atoms with van der Waals surface area (Å²) in [6, 6.07) is 16.8. The molecule has 414 valence electrons. The minimum absolute atomic E-state index is 0.0369. The largest absolute Gasteiger partial charge is 0.496 e. The highest BCUT2D eigenvalue weighted by molar-refractivity contribution is 5.91. The number of halogens is 12. The lowest BCUT2D eigenvalue weighted by atomic mass is 9.76. The molecule has 0 unspecified atom stereocenters. The first-order valence-electron chi connectivity index (χ1n) is 24.9. The van der Waals surface area contributed by atoms with Crippen molar-refractivity contribution in [1.82, 2.24) is 0 Å². The maximum atomic E-state index is 15.0. The summed E-state index contributed by atoms with van der Waals surface area (Å²) in [7, 11) is 5.84. The fourth-order valence-corrected chi connectivity index (χ4v) is 11.1. The van der Waals surface area contributed by atoms with Gasteiger partial charge >= 0.3 is 24.7 Å². The van der Waals surface area contributed by atoms with Gasteiger partial charge in [-0.25, -0.2) is 0 Å². The Labute approximate surface area is 442 Å². The molecule has 16 heteroatoms. The predicted octanol–water partition coefficient (Wildman–Crippen LogP) is 18.0. The van der Waals surface area contributed by atoms with Crippen LogP contribution >= 0.6 is 0 Å². The number of quaternary nitrogens is 1. The number of rotatable bonds is 9. The molecule has 77 heavy (non-hydrogen) atoms. The van der Waals surface area contributed by atoms with Crippen molar-refractivity contribution in [3.8, 4) is 44.9 Å². The van der Waals surface area contributed by atoms with Crippen molar-refractivity contribution in [1.29, 1.82) is 0 Å². The van der Waals surface area contributed by atoms with Crippen molar-refractivity contribution in [3.05, 3.63) is 163 Å². The van der Waals surface area contributed by atoms with Crippen LogP contribution in [0.3, 0.4) is 0 Å². The second-order valence-electron chi connectivity index (χ2n) is 22.8. The molecule has 0 bridgehead atoms. The molecule has 0 saturated heterocycles. The Hall–Kier alpha value is -6.00. The summed E-state index contributed by atoms with van der Waals surface area (Å²) >= 11 is 0. The van der Waals surface area contributed by atoms with Gasteiger partial charge in [0.15, 0.2) is 5.60 Å². The normalized spacial score (nSPS) is 14.9. The molecular formula is C61H64F12NO3+. The van der Waals surface area contributed by atoms with Crippen LogP contribution in [0.4, 0.5) is 52.7 Å². The molecule has 1 aliphatic heterocycles. The van der Waals surface area contributed by atoms with Crippen LogP contribution in [0.1, 0.15) is 126 Å². The summed E-state index contributed by atoms with van der Waals surface area (Å²) in [5.41, 5.74) is -4.48. The number of fused-ring (bicyclic) bond motifs is 3. The summed E-state index contributed by atoms with van der Waals surface area (Å²) in [6.07, 6.45) is -21.1. The Bertz CT molecular complexity index is 2990. The smallest absolute Gasteiger partial charge is 0.416 e. The second kappa shape index (κ2) is 19.7. The van der Waals surface area contributed by atoms with Crippen LogP contribution < -0.4 is 9.47 Å². The molecule has 6 aromatic carbocycles. The van der Waals surface area contributed by atoms with Gasteiger partial charge in [-0.2, -0.15) is 52.7 Å². The van der Waals surface area contributed by atoms with Gasteiger partial charge in [-0.05, 0) is 150 Å². The number of likely N-dealkylation sites (N-methyl/N-ethyl adjacent to an activating group) is 1. The van der Waals surface area contributed by atoms with E-state index in [-0.39, 0.29) is 74.6 Å². The number of methoxy groups -OCH3 is 3. The molecule has 0 amide bonds. The molecule has 0 fully saturated rings. The van der Waals surface area contributed by atoms with Crippen LogP contribution in [0.2, 0.25) is 0 Å². The Morgan fingerprint density at radius 3 is 0.987 bits per heavy atom. The number of ether oxygens (including phenoxy) is 3.